The number of nitrogens with zero attached hydrogens (tertiary/aromatic N) is 2. The van der Waals surface area contributed by atoms with Crippen molar-refractivity contribution in [3.63, 3.8) is 0 Å². The summed E-state index contributed by atoms with van der Waals surface area (Å²) < 4.78 is 11.8. The van der Waals surface area contributed by atoms with Crippen LogP contribution in [0.15, 0.2) is 169 Å². The predicted molar refractivity (Wildman–Crippen MR) is 185 cm³/mol. The van der Waals surface area contributed by atoms with Gasteiger partial charge in [-0.2, -0.15) is 0 Å². The van der Waals surface area contributed by atoms with Gasteiger partial charge in [-0.3, -0.25) is 5.41 Å². The van der Waals surface area contributed by atoms with Crippen LogP contribution in [0.3, 0.4) is 0 Å². The number of hydrogen-bond donors (Lipinski definition) is 1. The summed E-state index contributed by atoms with van der Waals surface area (Å²) in [7, 11) is 0. The molecule has 1 N–H and O–H groups in total. The Hall–Kier alpha value is -6.33. The normalized spacial score (nSPS) is 10.8. The second kappa shape index (κ2) is 12.7. The van der Waals surface area contributed by atoms with E-state index in [1.807, 2.05) is 121 Å². The molecule has 0 saturated heterocycles. The molecule has 46 heavy (non-hydrogen) atoms. The van der Waals surface area contributed by atoms with E-state index in [-0.39, 0.29) is 5.90 Å². The zero-order valence-corrected chi connectivity index (χ0v) is 24.9. The highest BCUT2D eigenvalue weighted by Gasteiger charge is 2.12. The van der Waals surface area contributed by atoms with E-state index >= 15 is 0 Å². The molecule has 0 aliphatic heterocycles. The van der Waals surface area contributed by atoms with Crippen molar-refractivity contribution >= 4 is 11.7 Å². The lowest BCUT2D eigenvalue weighted by Gasteiger charge is -2.11. The lowest BCUT2D eigenvalue weighted by atomic mass is 10.0. The summed E-state index contributed by atoms with van der Waals surface area (Å²) in [6.45, 7) is 4.04. The molecule has 0 saturated carbocycles. The summed E-state index contributed by atoms with van der Waals surface area (Å²) >= 11 is 0. The van der Waals surface area contributed by atoms with E-state index in [0.29, 0.717) is 23.1 Å². The molecule has 0 aliphatic carbocycles. The van der Waals surface area contributed by atoms with Gasteiger partial charge in [-0.15, -0.1) is 10.2 Å². The lowest BCUT2D eigenvalue weighted by molar-refractivity contribution is 0.506. The fourth-order valence-corrected chi connectivity index (χ4v) is 5.23. The highest BCUT2D eigenvalue weighted by Crippen LogP contribution is 2.29. The Morgan fingerprint density at radius 2 is 0.761 bits per heavy atom. The number of benzene rings is 6. The van der Waals surface area contributed by atoms with Crippen LogP contribution < -0.4 is 0 Å². The summed E-state index contributed by atoms with van der Waals surface area (Å²) in [5.41, 5.74) is 9.80. The van der Waals surface area contributed by atoms with Crippen molar-refractivity contribution in [3.05, 3.63) is 175 Å². The fourth-order valence-electron chi connectivity index (χ4n) is 5.23. The molecule has 0 amide bonds. The molecule has 1 heterocycles. The van der Waals surface area contributed by atoms with E-state index in [0.717, 1.165) is 50.1 Å². The quantitative estimate of drug-likeness (QED) is 0.108. The first-order valence-electron chi connectivity index (χ1n) is 14.9. The Morgan fingerprint density at radius 3 is 1.17 bits per heavy atom. The molecule has 0 unspecified atom stereocenters. The second-order valence-corrected chi connectivity index (χ2v) is 10.8. The van der Waals surface area contributed by atoms with Crippen molar-refractivity contribution in [2.75, 3.05) is 0 Å². The summed E-state index contributed by atoms with van der Waals surface area (Å²) in [6.07, 6.45) is 0. The fraction of sp³-hybridized carbons (Fsp3) is 0. The first-order valence-corrected chi connectivity index (χ1v) is 14.9. The van der Waals surface area contributed by atoms with E-state index in [9.17, 15) is 0 Å². The van der Waals surface area contributed by atoms with Crippen LogP contribution in [-0.2, 0) is 4.74 Å². The molecule has 0 radical (unpaired) electrons. The van der Waals surface area contributed by atoms with Crippen molar-refractivity contribution in [2.45, 2.75) is 0 Å². The van der Waals surface area contributed by atoms with Gasteiger partial charge in [0.05, 0.1) is 0 Å². The number of hydrogen-bond acceptors (Lipinski definition) is 5. The zero-order valence-electron chi connectivity index (χ0n) is 24.9. The third-order valence-electron chi connectivity index (χ3n) is 7.82. The second-order valence-electron chi connectivity index (χ2n) is 10.8. The topological polar surface area (TPSA) is 72.0 Å². The van der Waals surface area contributed by atoms with E-state index in [4.69, 9.17) is 14.6 Å². The first kappa shape index (κ1) is 28.4. The van der Waals surface area contributed by atoms with Crippen molar-refractivity contribution in [1.82, 2.24) is 10.2 Å². The Bertz CT molecular complexity index is 2100. The summed E-state index contributed by atoms with van der Waals surface area (Å²) in [4.78, 5) is 0. The molecule has 6 aromatic carbocycles. The minimum atomic E-state index is 0.0425. The van der Waals surface area contributed by atoms with Gasteiger partial charge in [-0.05, 0) is 69.8 Å². The van der Waals surface area contributed by atoms with Crippen LogP contribution in [0.5, 0.6) is 0 Å². The molecule has 5 nitrogen and oxygen atoms in total. The van der Waals surface area contributed by atoms with E-state index in [1.165, 1.54) is 0 Å². The molecular formula is C41H29N3O2. The SMILES string of the molecule is C=C(OC(=N)c1ccc(-c2ccc(-c3nnc(-c4ccc(-c5ccccc5)cc4)o3)cc2)cc1)c1ccc(-c2ccccc2)cc1. The Morgan fingerprint density at radius 1 is 0.435 bits per heavy atom. The maximum absolute atomic E-state index is 8.49. The van der Waals surface area contributed by atoms with Crippen LogP contribution in [0, 0.1) is 5.41 Å². The van der Waals surface area contributed by atoms with Crippen LogP contribution in [0.25, 0.3) is 62.0 Å². The van der Waals surface area contributed by atoms with Crippen LogP contribution in [-0.4, -0.2) is 16.1 Å². The largest absolute Gasteiger partial charge is 0.439 e. The molecule has 220 valence electrons. The van der Waals surface area contributed by atoms with Crippen molar-refractivity contribution in [3.8, 4) is 56.3 Å². The molecule has 0 atom stereocenters. The highest BCUT2D eigenvalue weighted by molar-refractivity contribution is 5.95. The smallest absolute Gasteiger partial charge is 0.248 e. The summed E-state index contributed by atoms with van der Waals surface area (Å²) in [5.74, 6) is 1.41. The van der Waals surface area contributed by atoms with Gasteiger partial charge in [-0.1, -0.05) is 128 Å². The van der Waals surface area contributed by atoms with Crippen LogP contribution in [0.4, 0.5) is 0 Å². The molecular weight excluding hydrogens is 566 g/mol. The first-order chi connectivity index (χ1) is 22.6. The minimum Gasteiger partial charge on any atom is -0.439 e. The number of rotatable bonds is 8. The molecule has 0 aliphatic rings. The zero-order chi connectivity index (χ0) is 31.3. The molecule has 0 fully saturated rings. The number of nitrogens with one attached hydrogen (secondary N) is 1. The summed E-state index contributed by atoms with van der Waals surface area (Å²) in [5, 5.41) is 17.0. The molecule has 5 heteroatoms. The Labute approximate surface area is 267 Å². The number of aromatic nitrogens is 2. The maximum Gasteiger partial charge on any atom is 0.248 e. The van der Waals surface area contributed by atoms with Crippen molar-refractivity contribution in [2.24, 2.45) is 0 Å². The van der Waals surface area contributed by atoms with Gasteiger partial charge in [0.2, 0.25) is 17.7 Å². The third-order valence-corrected chi connectivity index (χ3v) is 7.82. The standard InChI is InChI=1S/C41H29N3O2/c1-28(29-12-14-32(15-13-29)30-8-4-2-5-9-30)45-39(42)36-22-16-34(17-23-36)35-20-26-38(27-21-35)41-44-43-40(46-41)37-24-18-33(19-25-37)31-10-6-3-7-11-31/h2-27,42H,1H2. The maximum atomic E-state index is 8.49. The highest BCUT2D eigenvalue weighted by atomic mass is 16.5. The van der Waals surface area contributed by atoms with Crippen molar-refractivity contribution in [1.29, 1.82) is 5.41 Å². The molecule has 7 aromatic rings. The van der Waals surface area contributed by atoms with E-state index in [1.54, 1.807) is 0 Å². The molecule has 7 rings (SSSR count). The average molecular weight is 596 g/mol. The lowest BCUT2D eigenvalue weighted by Crippen LogP contribution is -2.04. The van der Waals surface area contributed by atoms with Gasteiger partial charge in [0, 0.05) is 22.3 Å². The third kappa shape index (κ3) is 6.16. The summed E-state index contributed by atoms with van der Waals surface area (Å²) in [6, 6.07) is 52.2. The monoisotopic (exact) mass is 595 g/mol. The Balaban J connectivity index is 0.981. The van der Waals surface area contributed by atoms with Gasteiger partial charge in [-0.25, -0.2) is 0 Å². The minimum absolute atomic E-state index is 0.0425. The predicted octanol–water partition coefficient (Wildman–Crippen LogP) is 10.4. The Kier molecular flexibility index (Phi) is 7.87. The molecule has 0 bridgehead atoms. The average Bonchev–Trinajstić information content (AvgIpc) is 3.63. The van der Waals surface area contributed by atoms with Gasteiger partial charge < -0.3 is 9.15 Å². The van der Waals surface area contributed by atoms with Gasteiger partial charge >= 0.3 is 0 Å². The van der Waals surface area contributed by atoms with E-state index in [2.05, 4.69) is 53.2 Å². The van der Waals surface area contributed by atoms with Crippen LogP contribution in [0.2, 0.25) is 0 Å². The van der Waals surface area contributed by atoms with Crippen molar-refractivity contribution < 1.29 is 9.15 Å². The van der Waals surface area contributed by atoms with Crippen LogP contribution >= 0.6 is 0 Å². The van der Waals surface area contributed by atoms with E-state index < -0.39 is 0 Å². The van der Waals surface area contributed by atoms with Gasteiger partial charge in [0.15, 0.2) is 0 Å². The van der Waals surface area contributed by atoms with Gasteiger partial charge in [0.1, 0.15) is 5.76 Å². The number of ether oxygens (including phenoxy) is 1. The molecule has 0 spiro atoms. The molecule has 1 aromatic heterocycles. The van der Waals surface area contributed by atoms with Gasteiger partial charge in [0.25, 0.3) is 0 Å². The van der Waals surface area contributed by atoms with Crippen LogP contribution in [0.1, 0.15) is 11.1 Å².